The topological polar surface area (TPSA) is 70.3 Å². The summed E-state index contributed by atoms with van der Waals surface area (Å²) < 4.78 is 45.1. The maximum Gasteiger partial charge on any atom is 0.573 e. The molecule has 0 amide bonds. The minimum absolute atomic E-state index is 0.110. The molecule has 1 aromatic carbocycles. The number of rotatable bonds is 3. The third-order valence-corrected chi connectivity index (χ3v) is 1.91. The third-order valence-electron chi connectivity index (χ3n) is 1.91. The number of benzene rings is 1. The SMILES string of the molecule is Nc1cnc(Oc2cccc(OC(F)(F)F)c2)cn1. The van der Waals surface area contributed by atoms with Crippen molar-refractivity contribution in [3.63, 3.8) is 0 Å². The van der Waals surface area contributed by atoms with Crippen molar-refractivity contribution in [2.75, 3.05) is 5.73 Å². The van der Waals surface area contributed by atoms with Crippen molar-refractivity contribution in [1.82, 2.24) is 9.97 Å². The van der Waals surface area contributed by atoms with Gasteiger partial charge in [0, 0.05) is 6.07 Å². The van der Waals surface area contributed by atoms with E-state index < -0.39 is 6.36 Å². The molecule has 100 valence electrons. The lowest BCUT2D eigenvalue weighted by atomic mass is 10.3. The molecular formula is C11H8F3N3O2. The molecule has 2 aromatic rings. The van der Waals surface area contributed by atoms with Crippen molar-refractivity contribution in [1.29, 1.82) is 0 Å². The molecule has 1 heterocycles. The lowest BCUT2D eigenvalue weighted by Gasteiger charge is -2.10. The molecule has 0 fully saturated rings. The van der Waals surface area contributed by atoms with E-state index in [1.54, 1.807) is 0 Å². The predicted octanol–water partition coefficient (Wildman–Crippen LogP) is 2.75. The van der Waals surface area contributed by atoms with E-state index in [9.17, 15) is 13.2 Å². The Bertz CT molecular complexity index is 558. The number of nitrogens with two attached hydrogens (primary N) is 1. The zero-order chi connectivity index (χ0) is 13.9. The fraction of sp³-hybridized carbons (Fsp3) is 0.0909. The second kappa shape index (κ2) is 5.01. The number of halogens is 3. The average Bonchev–Trinajstić information content (AvgIpc) is 2.30. The summed E-state index contributed by atoms with van der Waals surface area (Å²) >= 11 is 0. The van der Waals surface area contributed by atoms with Crippen molar-refractivity contribution in [3.05, 3.63) is 36.7 Å². The van der Waals surface area contributed by atoms with Crippen LogP contribution in [0.1, 0.15) is 0 Å². The van der Waals surface area contributed by atoms with Crippen LogP contribution in [0.2, 0.25) is 0 Å². The summed E-state index contributed by atoms with van der Waals surface area (Å²) in [5, 5.41) is 0. The second-order valence-corrected chi connectivity index (χ2v) is 3.40. The predicted molar refractivity (Wildman–Crippen MR) is 59.6 cm³/mol. The van der Waals surface area contributed by atoms with E-state index in [1.165, 1.54) is 24.5 Å². The van der Waals surface area contributed by atoms with Crippen molar-refractivity contribution >= 4 is 5.82 Å². The number of hydrogen-bond donors (Lipinski definition) is 1. The molecule has 0 aliphatic heterocycles. The van der Waals surface area contributed by atoms with Crippen molar-refractivity contribution in [2.45, 2.75) is 6.36 Å². The lowest BCUT2D eigenvalue weighted by molar-refractivity contribution is -0.274. The van der Waals surface area contributed by atoms with Crippen LogP contribution >= 0.6 is 0 Å². The highest BCUT2D eigenvalue weighted by Gasteiger charge is 2.31. The Morgan fingerprint density at radius 1 is 1.05 bits per heavy atom. The molecule has 0 saturated carbocycles. The number of alkyl halides is 3. The van der Waals surface area contributed by atoms with E-state index in [1.807, 2.05) is 0 Å². The Kier molecular flexibility index (Phi) is 3.41. The van der Waals surface area contributed by atoms with Crippen LogP contribution in [0.3, 0.4) is 0 Å². The van der Waals surface area contributed by atoms with Crippen LogP contribution in [0, 0.1) is 0 Å². The summed E-state index contributed by atoms with van der Waals surface area (Å²) in [5.74, 6) is 0.0779. The van der Waals surface area contributed by atoms with Gasteiger partial charge in [0.05, 0.1) is 12.4 Å². The molecule has 5 nitrogen and oxygen atoms in total. The summed E-state index contributed by atoms with van der Waals surface area (Å²) in [4.78, 5) is 7.54. The van der Waals surface area contributed by atoms with Gasteiger partial charge in [-0.15, -0.1) is 13.2 Å². The van der Waals surface area contributed by atoms with Gasteiger partial charge in [0.25, 0.3) is 0 Å². The van der Waals surface area contributed by atoms with Gasteiger partial charge in [-0.3, -0.25) is 0 Å². The Balaban J connectivity index is 2.13. The van der Waals surface area contributed by atoms with E-state index in [0.29, 0.717) is 0 Å². The van der Waals surface area contributed by atoms with E-state index in [2.05, 4.69) is 14.7 Å². The lowest BCUT2D eigenvalue weighted by Crippen LogP contribution is -2.17. The quantitative estimate of drug-likeness (QED) is 0.929. The zero-order valence-corrected chi connectivity index (χ0v) is 9.39. The molecule has 2 rings (SSSR count). The standard InChI is InChI=1S/C11H8F3N3O2/c12-11(13,14)19-8-3-1-2-7(4-8)18-10-6-16-9(15)5-17-10/h1-6H,(H2,15,16). The first-order chi connectivity index (χ1) is 8.92. The van der Waals surface area contributed by atoms with Gasteiger partial charge in [-0.25, -0.2) is 9.97 Å². The average molecular weight is 271 g/mol. The Morgan fingerprint density at radius 3 is 2.42 bits per heavy atom. The molecular weight excluding hydrogens is 263 g/mol. The fourth-order valence-corrected chi connectivity index (χ4v) is 1.23. The molecule has 19 heavy (non-hydrogen) atoms. The van der Waals surface area contributed by atoms with Crippen LogP contribution in [0.5, 0.6) is 17.4 Å². The van der Waals surface area contributed by atoms with Crippen molar-refractivity contribution in [3.8, 4) is 17.4 Å². The Morgan fingerprint density at radius 2 is 1.79 bits per heavy atom. The molecule has 2 N–H and O–H groups in total. The van der Waals surface area contributed by atoms with E-state index in [0.717, 1.165) is 12.1 Å². The molecule has 0 spiro atoms. The number of aromatic nitrogens is 2. The number of nitrogens with zero attached hydrogens (tertiary/aromatic N) is 2. The van der Waals surface area contributed by atoms with Crippen molar-refractivity contribution in [2.24, 2.45) is 0 Å². The van der Waals surface area contributed by atoms with Gasteiger partial charge in [0.2, 0.25) is 5.88 Å². The van der Waals surface area contributed by atoms with Gasteiger partial charge in [-0.1, -0.05) is 6.07 Å². The molecule has 0 unspecified atom stereocenters. The van der Waals surface area contributed by atoms with Crippen LogP contribution in [0.4, 0.5) is 19.0 Å². The van der Waals surface area contributed by atoms with Gasteiger partial charge >= 0.3 is 6.36 Å². The Labute approximate surface area is 105 Å². The first kappa shape index (κ1) is 12.9. The highest BCUT2D eigenvalue weighted by molar-refractivity contribution is 5.35. The highest BCUT2D eigenvalue weighted by Crippen LogP contribution is 2.27. The van der Waals surface area contributed by atoms with Gasteiger partial charge in [-0.05, 0) is 12.1 Å². The minimum atomic E-state index is -4.75. The van der Waals surface area contributed by atoms with Crippen LogP contribution in [-0.2, 0) is 0 Å². The highest BCUT2D eigenvalue weighted by atomic mass is 19.4. The van der Waals surface area contributed by atoms with Gasteiger partial charge in [-0.2, -0.15) is 0 Å². The summed E-state index contributed by atoms with van der Waals surface area (Å²) in [7, 11) is 0. The fourth-order valence-electron chi connectivity index (χ4n) is 1.23. The van der Waals surface area contributed by atoms with Crippen molar-refractivity contribution < 1.29 is 22.6 Å². The molecule has 0 atom stereocenters. The molecule has 0 bridgehead atoms. The normalized spacial score (nSPS) is 11.1. The maximum atomic E-state index is 12.0. The monoisotopic (exact) mass is 271 g/mol. The summed E-state index contributed by atoms with van der Waals surface area (Å²) in [6, 6.07) is 5.07. The molecule has 0 aliphatic rings. The number of hydrogen-bond acceptors (Lipinski definition) is 5. The summed E-state index contributed by atoms with van der Waals surface area (Å²) in [5.41, 5.74) is 5.34. The van der Waals surface area contributed by atoms with Gasteiger partial charge in [0.1, 0.15) is 17.3 Å². The minimum Gasteiger partial charge on any atom is -0.437 e. The maximum absolute atomic E-state index is 12.0. The number of ether oxygens (including phenoxy) is 2. The van der Waals surface area contributed by atoms with E-state index in [-0.39, 0.29) is 23.2 Å². The van der Waals surface area contributed by atoms with Crippen LogP contribution < -0.4 is 15.2 Å². The van der Waals surface area contributed by atoms with Crippen LogP contribution in [0.15, 0.2) is 36.7 Å². The van der Waals surface area contributed by atoms with E-state index in [4.69, 9.17) is 10.5 Å². The smallest absolute Gasteiger partial charge is 0.437 e. The molecule has 1 aromatic heterocycles. The van der Waals surface area contributed by atoms with Crippen LogP contribution in [-0.4, -0.2) is 16.3 Å². The van der Waals surface area contributed by atoms with E-state index >= 15 is 0 Å². The molecule has 0 radical (unpaired) electrons. The summed E-state index contributed by atoms with van der Waals surface area (Å²) in [6.45, 7) is 0. The molecule has 0 aliphatic carbocycles. The second-order valence-electron chi connectivity index (χ2n) is 3.40. The number of anilines is 1. The first-order valence-corrected chi connectivity index (χ1v) is 5.03. The van der Waals surface area contributed by atoms with Crippen LogP contribution in [0.25, 0.3) is 0 Å². The molecule has 8 heteroatoms. The molecule has 0 saturated heterocycles. The number of nitrogen functional groups attached to an aromatic ring is 1. The third kappa shape index (κ3) is 4.02. The summed E-state index contributed by atoms with van der Waals surface area (Å²) in [6.07, 6.45) is -2.22. The first-order valence-electron chi connectivity index (χ1n) is 5.03. The Hall–Kier alpha value is -2.51. The van der Waals surface area contributed by atoms with Gasteiger partial charge < -0.3 is 15.2 Å². The van der Waals surface area contributed by atoms with Gasteiger partial charge in [0.15, 0.2) is 0 Å². The zero-order valence-electron chi connectivity index (χ0n) is 9.39. The largest absolute Gasteiger partial charge is 0.573 e.